The maximum atomic E-state index is 12.6. The lowest BCUT2D eigenvalue weighted by molar-refractivity contribution is 0.104. The van der Waals surface area contributed by atoms with E-state index < -0.39 is 0 Å². The Balaban J connectivity index is 2.15. The van der Waals surface area contributed by atoms with Crippen molar-refractivity contribution in [1.82, 2.24) is 4.98 Å². The van der Waals surface area contributed by atoms with Crippen LogP contribution in [-0.2, 0) is 0 Å². The lowest BCUT2D eigenvalue weighted by atomic mass is 10.0. The van der Waals surface area contributed by atoms with E-state index in [1.807, 2.05) is 25.1 Å². The van der Waals surface area contributed by atoms with Crippen molar-refractivity contribution in [2.75, 3.05) is 0 Å². The monoisotopic (exact) mass is 303 g/mol. The smallest absolute Gasteiger partial charge is 0.196 e. The summed E-state index contributed by atoms with van der Waals surface area (Å²) in [6.45, 7) is 2.01. The number of aromatic amines is 1. The van der Waals surface area contributed by atoms with Crippen molar-refractivity contribution >= 4 is 39.9 Å². The van der Waals surface area contributed by atoms with Gasteiger partial charge in [-0.15, -0.1) is 0 Å². The summed E-state index contributed by atoms with van der Waals surface area (Å²) < 4.78 is 0. The molecule has 2 aromatic carbocycles. The second-order valence-corrected chi connectivity index (χ2v) is 5.55. The molecular formula is C16H11Cl2NO. The third-order valence-electron chi connectivity index (χ3n) is 3.25. The summed E-state index contributed by atoms with van der Waals surface area (Å²) in [4.78, 5) is 15.7. The Morgan fingerprint density at radius 1 is 1.05 bits per heavy atom. The third-order valence-corrected chi connectivity index (χ3v) is 3.82. The lowest BCUT2D eigenvalue weighted by Crippen LogP contribution is -2.01. The summed E-state index contributed by atoms with van der Waals surface area (Å²) in [5, 5.41) is 1.78. The summed E-state index contributed by atoms with van der Waals surface area (Å²) in [6.07, 6.45) is 1.71. The number of aromatic nitrogens is 1. The van der Waals surface area contributed by atoms with Gasteiger partial charge in [-0.05, 0) is 36.8 Å². The van der Waals surface area contributed by atoms with E-state index in [2.05, 4.69) is 4.98 Å². The minimum atomic E-state index is -0.132. The van der Waals surface area contributed by atoms with Crippen molar-refractivity contribution in [3.63, 3.8) is 0 Å². The van der Waals surface area contributed by atoms with Crippen LogP contribution in [0.5, 0.6) is 0 Å². The maximum absolute atomic E-state index is 12.6. The number of carbonyl (C=O) groups excluding carboxylic acids is 1. The van der Waals surface area contributed by atoms with Gasteiger partial charge in [-0.2, -0.15) is 0 Å². The Morgan fingerprint density at radius 2 is 1.85 bits per heavy atom. The first kappa shape index (κ1) is 13.2. The van der Waals surface area contributed by atoms with Gasteiger partial charge in [0.25, 0.3) is 0 Å². The molecule has 1 heterocycles. The van der Waals surface area contributed by atoms with Gasteiger partial charge < -0.3 is 4.98 Å². The summed E-state index contributed by atoms with van der Waals surface area (Å²) >= 11 is 12.0. The molecule has 4 heteroatoms. The molecule has 0 aliphatic rings. The molecule has 3 rings (SSSR count). The first-order valence-corrected chi connectivity index (χ1v) is 6.89. The number of hydrogen-bond acceptors (Lipinski definition) is 1. The van der Waals surface area contributed by atoms with Gasteiger partial charge in [0.15, 0.2) is 5.78 Å². The molecule has 0 saturated heterocycles. The highest BCUT2D eigenvalue weighted by atomic mass is 35.5. The van der Waals surface area contributed by atoms with Crippen LogP contribution in [0.4, 0.5) is 0 Å². The summed E-state index contributed by atoms with van der Waals surface area (Å²) in [6, 6.07) is 10.8. The van der Waals surface area contributed by atoms with Crippen molar-refractivity contribution in [2.45, 2.75) is 6.92 Å². The quantitative estimate of drug-likeness (QED) is 0.663. The van der Waals surface area contributed by atoms with Crippen molar-refractivity contribution in [3.05, 3.63) is 69.3 Å². The molecule has 20 heavy (non-hydrogen) atoms. The zero-order valence-corrected chi connectivity index (χ0v) is 12.2. The Hall–Kier alpha value is -1.77. The first-order valence-electron chi connectivity index (χ1n) is 6.14. The fraction of sp³-hybridized carbons (Fsp3) is 0.0625. The van der Waals surface area contributed by atoms with E-state index in [4.69, 9.17) is 23.2 Å². The molecule has 0 atom stereocenters. The number of hydrogen-bond donors (Lipinski definition) is 1. The predicted octanol–water partition coefficient (Wildman–Crippen LogP) is 5.01. The van der Waals surface area contributed by atoms with E-state index in [9.17, 15) is 4.79 Å². The average molecular weight is 304 g/mol. The second kappa shape index (κ2) is 4.97. The van der Waals surface area contributed by atoms with Crippen LogP contribution in [-0.4, -0.2) is 10.8 Å². The van der Waals surface area contributed by atoms with Gasteiger partial charge in [0.05, 0.1) is 5.02 Å². The molecule has 3 aromatic rings. The number of benzene rings is 2. The normalized spacial score (nSPS) is 10.9. The van der Waals surface area contributed by atoms with Crippen LogP contribution in [0.25, 0.3) is 10.9 Å². The largest absolute Gasteiger partial charge is 0.360 e. The van der Waals surface area contributed by atoms with Gasteiger partial charge in [-0.1, -0.05) is 35.3 Å². The maximum Gasteiger partial charge on any atom is 0.196 e. The number of aryl methyl sites for hydroxylation is 1. The Morgan fingerprint density at radius 3 is 2.65 bits per heavy atom. The topological polar surface area (TPSA) is 32.9 Å². The van der Waals surface area contributed by atoms with E-state index in [1.165, 1.54) is 0 Å². The summed E-state index contributed by atoms with van der Waals surface area (Å²) in [7, 11) is 0. The van der Waals surface area contributed by atoms with E-state index in [-0.39, 0.29) is 5.78 Å². The fourth-order valence-electron chi connectivity index (χ4n) is 2.24. The molecule has 0 unspecified atom stereocenters. The number of H-pyrrole nitrogens is 1. The van der Waals surface area contributed by atoms with Gasteiger partial charge in [-0.25, -0.2) is 0 Å². The van der Waals surface area contributed by atoms with E-state index in [1.54, 1.807) is 24.4 Å². The molecule has 0 spiro atoms. The molecule has 1 N–H and O–H groups in total. The molecule has 0 amide bonds. The fourth-order valence-corrected chi connectivity index (χ4v) is 2.62. The van der Waals surface area contributed by atoms with Crippen molar-refractivity contribution < 1.29 is 4.79 Å². The molecule has 0 aliphatic heterocycles. The molecule has 0 bridgehead atoms. The van der Waals surface area contributed by atoms with Gasteiger partial charge >= 0.3 is 0 Å². The zero-order chi connectivity index (χ0) is 14.3. The van der Waals surface area contributed by atoms with E-state index in [0.29, 0.717) is 21.2 Å². The average Bonchev–Trinajstić information content (AvgIpc) is 2.83. The Kier molecular flexibility index (Phi) is 3.28. The molecule has 100 valence electrons. The van der Waals surface area contributed by atoms with Crippen molar-refractivity contribution in [2.24, 2.45) is 0 Å². The first-order chi connectivity index (χ1) is 9.56. The van der Waals surface area contributed by atoms with E-state index >= 15 is 0 Å². The highest BCUT2D eigenvalue weighted by Crippen LogP contribution is 2.27. The Bertz CT molecular complexity index is 820. The molecule has 2 nitrogen and oxygen atoms in total. The number of rotatable bonds is 2. The summed E-state index contributed by atoms with van der Waals surface area (Å²) in [5.41, 5.74) is 3.09. The van der Waals surface area contributed by atoms with Gasteiger partial charge in [0.1, 0.15) is 0 Å². The number of carbonyl (C=O) groups is 1. The van der Waals surface area contributed by atoms with Crippen LogP contribution < -0.4 is 0 Å². The van der Waals surface area contributed by atoms with Gasteiger partial charge in [0, 0.05) is 33.2 Å². The molecule has 1 aromatic heterocycles. The van der Waals surface area contributed by atoms with Crippen LogP contribution in [0.15, 0.2) is 42.6 Å². The van der Waals surface area contributed by atoms with Crippen molar-refractivity contribution in [1.29, 1.82) is 0 Å². The minimum Gasteiger partial charge on any atom is -0.360 e. The minimum absolute atomic E-state index is 0.132. The van der Waals surface area contributed by atoms with Crippen LogP contribution in [0.1, 0.15) is 21.5 Å². The molecular weight excluding hydrogens is 293 g/mol. The second-order valence-electron chi connectivity index (χ2n) is 4.70. The standard InChI is InChI=1S/C16H11Cl2NO/c1-9-2-4-11-13(8-19-15(11)6-9)16(20)12-7-10(17)3-5-14(12)18/h2-8,19H,1H3. The number of ketones is 1. The van der Waals surface area contributed by atoms with Crippen molar-refractivity contribution in [3.8, 4) is 0 Å². The molecule has 0 aliphatic carbocycles. The van der Waals surface area contributed by atoms with Gasteiger partial charge in [0.2, 0.25) is 0 Å². The van der Waals surface area contributed by atoms with Crippen LogP contribution in [0.2, 0.25) is 10.0 Å². The van der Waals surface area contributed by atoms with Gasteiger partial charge in [-0.3, -0.25) is 4.79 Å². The predicted molar refractivity (Wildman–Crippen MR) is 82.9 cm³/mol. The summed E-state index contributed by atoms with van der Waals surface area (Å²) in [5.74, 6) is -0.132. The van der Waals surface area contributed by atoms with E-state index in [0.717, 1.165) is 16.5 Å². The Labute approximate surface area is 126 Å². The number of fused-ring (bicyclic) bond motifs is 1. The number of nitrogens with one attached hydrogen (secondary N) is 1. The SMILES string of the molecule is Cc1ccc2c(C(=O)c3cc(Cl)ccc3Cl)c[nH]c2c1. The van der Waals surface area contributed by atoms with Crippen LogP contribution >= 0.6 is 23.2 Å². The van der Waals surface area contributed by atoms with Crippen LogP contribution in [0.3, 0.4) is 0 Å². The molecule has 0 fully saturated rings. The zero-order valence-electron chi connectivity index (χ0n) is 10.7. The highest BCUT2D eigenvalue weighted by molar-refractivity contribution is 6.37. The molecule has 0 saturated carbocycles. The molecule has 0 radical (unpaired) electrons. The number of halogens is 2. The highest BCUT2D eigenvalue weighted by Gasteiger charge is 2.17. The van der Waals surface area contributed by atoms with Crippen LogP contribution in [0, 0.1) is 6.92 Å². The lowest BCUT2D eigenvalue weighted by Gasteiger charge is -2.03. The third kappa shape index (κ3) is 2.21.